The third-order valence-corrected chi connectivity index (χ3v) is 3.82. The molecule has 0 saturated heterocycles. The fourth-order valence-corrected chi connectivity index (χ4v) is 2.60. The van der Waals surface area contributed by atoms with Crippen molar-refractivity contribution in [3.05, 3.63) is 11.6 Å². The Morgan fingerprint density at radius 1 is 1.50 bits per heavy atom. The minimum atomic E-state index is -1.04. The fraction of sp³-hybridized carbons (Fsp3) is 0.583. The van der Waals surface area contributed by atoms with Gasteiger partial charge in [-0.2, -0.15) is 0 Å². The second-order valence-corrected chi connectivity index (χ2v) is 4.47. The van der Waals surface area contributed by atoms with Gasteiger partial charge in [-0.1, -0.05) is 18.4 Å². The van der Waals surface area contributed by atoms with Gasteiger partial charge in [0.25, 0.3) is 0 Å². The van der Waals surface area contributed by atoms with Gasteiger partial charge >= 0.3 is 0 Å². The molecule has 0 aromatic rings. The van der Waals surface area contributed by atoms with Crippen molar-refractivity contribution >= 4 is 5.78 Å². The number of carbonyl (C=O) groups excluding carboxylic acids is 1. The van der Waals surface area contributed by atoms with Crippen LogP contribution in [-0.2, 0) is 4.79 Å². The fourth-order valence-electron chi connectivity index (χ4n) is 2.60. The summed E-state index contributed by atoms with van der Waals surface area (Å²) in [6.45, 7) is 1.97. The van der Waals surface area contributed by atoms with Gasteiger partial charge in [-0.25, -0.2) is 0 Å². The van der Waals surface area contributed by atoms with Crippen LogP contribution in [0.15, 0.2) is 11.6 Å². The number of rotatable bonds is 0. The zero-order chi connectivity index (χ0) is 10.4. The molecule has 0 heterocycles. The van der Waals surface area contributed by atoms with Crippen LogP contribution < -0.4 is 0 Å². The van der Waals surface area contributed by atoms with E-state index in [2.05, 4.69) is 5.92 Å². The molecule has 0 amide bonds. The summed E-state index contributed by atoms with van der Waals surface area (Å²) in [5.41, 5.74) is -0.371. The summed E-state index contributed by atoms with van der Waals surface area (Å²) in [6.07, 6.45) is 9.58. The van der Waals surface area contributed by atoms with Crippen LogP contribution in [0.1, 0.15) is 32.6 Å². The van der Waals surface area contributed by atoms with E-state index in [4.69, 9.17) is 6.42 Å². The van der Waals surface area contributed by atoms with Gasteiger partial charge in [0.05, 0.1) is 0 Å². The lowest BCUT2D eigenvalue weighted by atomic mass is 9.68. The molecule has 2 aliphatic carbocycles. The molecule has 1 saturated carbocycles. The molecular weight excluding hydrogens is 176 g/mol. The molecule has 2 aliphatic rings. The summed E-state index contributed by atoms with van der Waals surface area (Å²) in [5.74, 6) is 2.66. The minimum Gasteiger partial charge on any atom is -0.377 e. The van der Waals surface area contributed by atoms with Crippen LogP contribution in [0.25, 0.3) is 0 Å². The third kappa shape index (κ3) is 0.994. The lowest BCUT2D eigenvalue weighted by Gasteiger charge is -2.38. The van der Waals surface area contributed by atoms with Crippen LogP contribution in [0.4, 0.5) is 0 Å². The van der Waals surface area contributed by atoms with Crippen molar-refractivity contribution in [3.63, 3.8) is 0 Å². The molecule has 0 aromatic heterocycles. The highest BCUT2D eigenvalue weighted by Crippen LogP contribution is 2.54. The van der Waals surface area contributed by atoms with E-state index in [1.54, 1.807) is 6.08 Å². The molecule has 2 atom stereocenters. The molecule has 0 aliphatic heterocycles. The highest BCUT2D eigenvalue weighted by Gasteiger charge is 2.53. The van der Waals surface area contributed by atoms with Crippen LogP contribution in [0.3, 0.4) is 0 Å². The Kier molecular flexibility index (Phi) is 1.84. The summed E-state index contributed by atoms with van der Waals surface area (Å²) in [4.78, 5) is 11.2. The average molecular weight is 190 g/mol. The Morgan fingerprint density at radius 2 is 2.21 bits per heavy atom. The summed E-state index contributed by atoms with van der Waals surface area (Å²) in [6, 6.07) is 0. The number of allylic oxidation sites excluding steroid dienone is 1. The quantitative estimate of drug-likeness (QED) is 0.587. The van der Waals surface area contributed by atoms with Gasteiger partial charge in [0.1, 0.15) is 5.60 Å². The molecule has 0 spiro atoms. The number of hydrogen-bond acceptors (Lipinski definition) is 2. The summed E-state index contributed by atoms with van der Waals surface area (Å²) < 4.78 is 0. The number of hydrogen-bond donors (Lipinski definition) is 1. The smallest absolute Gasteiger partial charge is 0.155 e. The molecule has 14 heavy (non-hydrogen) atoms. The van der Waals surface area contributed by atoms with E-state index in [0.29, 0.717) is 19.3 Å². The minimum absolute atomic E-state index is 0.166. The Morgan fingerprint density at radius 3 is 2.86 bits per heavy atom. The van der Waals surface area contributed by atoms with Gasteiger partial charge < -0.3 is 5.11 Å². The topological polar surface area (TPSA) is 37.3 Å². The molecule has 2 rings (SSSR count). The third-order valence-electron chi connectivity index (χ3n) is 3.82. The molecule has 74 valence electrons. The molecule has 1 N–H and O–H groups in total. The lowest BCUT2D eigenvalue weighted by Crippen LogP contribution is -2.42. The first-order valence-corrected chi connectivity index (χ1v) is 4.96. The summed E-state index contributed by atoms with van der Waals surface area (Å²) in [7, 11) is 0. The van der Waals surface area contributed by atoms with E-state index in [1.807, 2.05) is 6.92 Å². The Labute approximate surface area is 84.0 Å². The van der Waals surface area contributed by atoms with Gasteiger partial charge in [-0.05, 0) is 25.3 Å². The van der Waals surface area contributed by atoms with Crippen LogP contribution in [0.2, 0.25) is 0 Å². The first-order valence-electron chi connectivity index (χ1n) is 4.96. The van der Waals surface area contributed by atoms with Gasteiger partial charge in [-0.3, -0.25) is 4.79 Å². The van der Waals surface area contributed by atoms with Gasteiger partial charge in [0.15, 0.2) is 5.78 Å². The Balaban J connectivity index is 2.48. The number of fused-ring (bicyclic) bond motifs is 1. The average Bonchev–Trinajstić information content (AvgIpc) is 2.42. The van der Waals surface area contributed by atoms with E-state index in [-0.39, 0.29) is 11.2 Å². The lowest BCUT2D eigenvalue weighted by molar-refractivity contribution is -0.116. The zero-order valence-electron chi connectivity index (χ0n) is 8.34. The van der Waals surface area contributed by atoms with Crippen molar-refractivity contribution in [1.82, 2.24) is 0 Å². The molecule has 0 radical (unpaired) electrons. The number of aliphatic hydroxyl groups is 1. The van der Waals surface area contributed by atoms with Crippen LogP contribution in [0.5, 0.6) is 0 Å². The van der Waals surface area contributed by atoms with Crippen LogP contribution in [-0.4, -0.2) is 16.5 Å². The molecule has 0 bridgehead atoms. The Hall–Kier alpha value is -1.07. The highest BCUT2D eigenvalue weighted by atomic mass is 16.3. The van der Waals surface area contributed by atoms with Crippen LogP contribution in [0, 0.1) is 17.8 Å². The van der Waals surface area contributed by atoms with E-state index in [9.17, 15) is 9.90 Å². The van der Waals surface area contributed by atoms with Crippen LogP contribution >= 0.6 is 0 Å². The number of carbonyl (C=O) groups is 1. The maximum absolute atomic E-state index is 11.2. The van der Waals surface area contributed by atoms with Crippen molar-refractivity contribution in [2.75, 3.05) is 0 Å². The maximum atomic E-state index is 11.2. The molecule has 2 nitrogen and oxygen atoms in total. The van der Waals surface area contributed by atoms with Gasteiger partial charge in [0, 0.05) is 11.8 Å². The zero-order valence-corrected chi connectivity index (χ0v) is 8.34. The van der Waals surface area contributed by atoms with Crippen molar-refractivity contribution in [2.45, 2.75) is 38.2 Å². The summed E-state index contributed by atoms with van der Waals surface area (Å²) >= 11 is 0. The van der Waals surface area contributed by atoms with E-state index < -0.39 is 5.60 Å². The maximum Gasteiger partial charge on any atom is 0.155 e. The first kappa shape index (κ1) is 9.48. The predicted molar refractivity (Wildman–Crippen MR) is 53.4 cm³/mol. The Bertz CT molecular complexity index is 361. The standard InChI is InChI=1S/C12H14O2/c1-3-12(14)7-4-9-8-10(13)5-6-11(9,12)2/h1,8,14H,4-7H2,2H3/t11-,12-/m1/s1. The molecule has 2 heteroatoms. The van der Waals surface area contributed by atoms with E-state index in [1.165, 1.54) is 0 Å². The molecular formula is C12H14O2. The molecule has 1 fully saturated rings. The number of terminal acetylenes is 1. The molecule has 0 aromatic carbocycles. The van der Waals surface area contributed by atoms with E-state index in [0.717, 1.165) is 12.0 Å². The largest absolute Gasteiger partial charge is 0.377 e. The van der Waals surface area contributed by atoms with Crippen molar-refractivity contribution in [2.24, 2.45) is 5.41 Å². The van der Waals surface area contributed by atoms with Gasteiger partial charge in [0.2, 0.25) is 0 Å². The molecule has 0 unspecified atom stereocenters. The van der Waals surface area contributed by atoms with Crippen molar-refractivity contribution in [3.8, 4) is 12.3 Å². The predicted octanol–water partition coefficient (Wildman–Crippen LogP) is 1.44. The van der Waals surface area contributed by atoms with Crippen molar-refractivity contribution in [1.29, 1.82) is 0 Å². The second-order valence-electron chi connectivity index (χ2n) is 4.47. The summed E-state index contributed by atoms with van der Waals surface area (Å²) in [5, 5.41) is 10.3. The normalized spacial score (nSPS) is 41.5. The first-order chi connectivity index (χ1) is 6.52. The number of ketones is 1. The SMILES string of the molecule is C#C[C@@]1(O)CCC2=CC(=O)CC[C@]21C. The van der Waals surface area contributed by atoms with Gasteiger partial charge in [-0.15, -0.1) is 6.42 Å². The van der Waals surface area contributed by atoms with E-state index >= 15 is 0 Å². The highest BCUT2D eigenvalue weighted by molar-refractivity contribution is 5.92. The second kappa shape index (κ2) is 2.71. The van der Waals surface area contributed by atoms with Crippen molar-refractivity contribution < 1.29 is 9.90 Å². The monoisotopic (exact) mass is 190 g/mol.